The SMILES string of the molecule is COc1ccc(C(C)N2CC(c3nc(-c4cccc(Cl)c4)no3)CC2=O)cc1OC. The summed E-state index contributed by atoms with van der Waals surface area (Å²) >= 11 is 6.05. The standard InChI is InChI=1S/C22H22ClN3O4/c1-13(14-7-8-18(28-2)19(10-14)29-3)26-12-16(11-20(26)27)22-24-21(25-30-22)15-5-4-6-17(23)9-15/h4-10,13,16H,11-12H2,1-3H3. The number of aromatic nitrogens is 2. The monoisotopic (exact) mass is 427 g/mol. The number of methoxy groups -OCH3 is 2. The number of carbonyl (C=O) groups is 1. The number of benzene rings is 2. The van der Waals surface area contributed by atoms with Crippen LogP contribution in [0.4, 0.5) is 0 Å². The van der Waals surface area contributed by atoms with Gasteiger partial charge < -0.3 is 18.9 Å². The van der Waals surface area contributed by atoms with E-state index >= 15 is 0 Å². The van der Waals surface area contributed by atoms with E-state index in [1.54, 1.807) is 26.4 Å². The summed E-state index contributed by atoms with van der Waals surface area (Å²) < 4.78 is 16.2. The molecule has 8 heteroatoms. The van der Waals surface area contributed by atoms with Crippen LogP contribution in [0.5, 0.6) is 11.5 Å². The minimum atomic E-state index is -0.152. The average Bonchev–Trinajstić information content (AvgIpc) is 3.39. The molecule has 1 fully saturated rings. The van der Waals surface area contributed by atoms with Crippen LogP contribution in [-0.4, -0.2) is 41.7 Å². The summed E-state index contributed by atoms with van der Waals surface area (Å²) in [6.45, 7) is 2.50. The Bertz CT molecular complexity index is 1070. The van der Waals surface area contributed by atoms with Crippen molar-refractivity contribution in [3.05, 3.63) is 58.9 Å². The van der Waals surface area contributed by atoms with Gasteiger partial charge >= 0.3 is 0 Å². The lowest BCUT2D eigenvalue weighted by molar-refractivity contribution is -0.129. The molecular formula is C22H22ClN3O4. The van der Waals surface area contributed by atoms with Gasteiger partial charge in [-0.2, -0.15) is 4.98 Å². The molecule has 0 N–H and O–H groups in total. The zero-order valence-electron chi connectivity index (χ0n) is 17.0. The van der Waals surface area contributed by atoms with E-state index in [1.807, 2.05) is 42.2 Å². The average molecular weight is 428 g/mol. The summed E-state index contributed by atoms with van der Waals surface area (Å²) in [6, 6.07) is 12.8. The number of amides is 1. The van der Waals surface area contributed by atoms with Gasteiger partial charge in [-0.25, -0.2) is 0 Å². The van der Waals surface area contributed by atoms with Crippen molar-refractivity contribution >= 4 is 17.5 Å². The minimum absolute atomic E-state index is 0.0461. The highest BCUT2D eigenvalue weighted by molar-refractivity contribution is 6.30. The fourth-order valence-corrected chi connectivity index (χ4v) is 3.90. The molecule has 1 saturated heterocycles. The van der Waals surface area contributed by atoms with Crippen LogP contribution in [0, 0.1) is 0 Å². The lowest BCUT2D eigenvalue weighted by atomic mass is 10.1. The molecule has 0 aliphatic carbocycles. The number of nitrogens with zero attached hydrogens (tertiary/aromatic N) is 3. The van der Waals surface area contributed by atoms with Crippen LogP contribution in [-0.2, 0) is 4.79 Å². The minimum Gasteiger partial charge on any atom is -0.493 e. The van der Waals surface area contributed by atoms with Gasteiger partial charge in [0.2, 0.25) is 17.6 Å². The first-order valence-corrected chi connectivity index (χ1v) is 9.99. The molecule has 1 aromatic heterocycles. The Kier molecular flexibility index (Phi) is 5.63. The molecule has 1 amide bonds. The first-order valence-electron chi connectivity index (χ1n) is 9.61. The molecule has 0 spiro atoms. The number of hydrogen-bond acceptors (Lipinski definition) is 6. The fourth-order valence-electron chi connectivity index (χ4n) is 3.71. The molecule has 0 radical (unpaired) electrons. The molecule has 0 bridgehead atoms. The Balaban J connectivity index is 1.52. The van der Waals surface area contributed by atoms with Crippen LogP contribution < -0.4 is 9.47 Å². The smallest absolute Gasteiger partial charge is 0.232 e. The van der Waals surface area contributed by atoms with Crippen LogP contribution in [0.1, 0.15) is 36.8 Å². The predicted octanol–water partition coefficient (Wildman–Crippen LogP) is 4.48. The molecule has 2 heterocycles. The zero-order chi connectivity index (χ0) is 21.3. The maximum Gasteiger partial charge on any atom is 0.232 e. The van der Waals surface area contributed by atoms with Gasteiger partial charge in [-0.1, -0.05) is 35.0 Å². The van der Waals surface area contributed by atoms with E-state index in [2.05, 4.69) is 10.1 Å². The van der Waals surface area contributed by atoms with Gasteiger partial charge in [-0.05, 0) is 36.8 Å². The molecule has 0 saturated carbocycles. The first kappa shape index (κ1) is 20.2. The van der Waals surface area contributed by atoms with Crippen molar-refractivity contribution in [2.24, 2.45) is 0 Å². The summed E-state index contributed by atoms with van der Waals surface area (Å²) in [5.74, 6) is 2.10. The van der Waals surface area contributed by atoms with E-state index in [0.29, 0.717) is 41.2 Å². The topological polar surface area (TPSA) is 77.7 Å². The third kappa shape index (κ3) is 3.85. The van der Waals surface area contributed by atoms with E-state index in [0.717, 1.165) is 11.1 Å². The number of rotatable bonds is 6. The molecule has 2 aromatic carbocycles. The number of halogens is 1. The van der Waals surface area contributed by atoms with E-state index in [1.165, 1.54) is 0 Å². The zero-order valence-corrected chi connectivity index (χ0v) is 17.7. The molecule has 4 rings (SSSR count). The van der Waals surface area contributed by atoms with Crippen molar-refractivity contribution in [3.63, 3.8) is 0 Å². The van der Waals surface area contributed by atoms with Gasteiger partial charge in [0.05, 0.1) is 26.2 Å². The summed E-state index contributed by atoms with van der Waals surface area (Å²) in [4.78, 5) is 19.1. The highest BCUT2D eigenvalue weighted by Gasteiger charge is 2.37. The largest absolute Gasteiger partial charge is 0.493 e. The lowest BCUT2D eigenvalue weighted by Crippen LogP contribution is -2.28. The second-order valence-electron chi connectivity index (χ2n) is 7.20. The van der Waals surface area contributed by atoms with Crippen LogP contribution in [0.15, 0.2) is 47.0 Å². The van der Waals surface area contributed by atoms with Crippen molar-refractivity contribution in [1.29, 1.82) is 0 Å². The summed E-state index contributed by atoms with van der Waals surface area (Å²) in [5, 5.41) is 4.66. The number of hydrogen-bond donors (Lipinski definition) is 0. The van der Waals surface area contributed by atoms with Crippen LogP contribution in [0.2, 0.25) is 5.02 Å². The Morgan fingerprint density at radius 2 is 1.97 bits per heavy atom. The van der Waals surface area contributed by atoms with Crippen LogP contribution in [0.25, 0.3) is 11.4 Å². The Hall–Kier alpha value is -3.06. The number of carbonyl (C=O) groups excluding carboxylic acids is 1. The van der Waals surface area contributed by atoms with Crippen molar-refractivity contribution < 1.29 is 18.8 Å². The highest BCUT2D eigenvalue weighted by Crippen LogP contribution is 2.37. The van der Waals surface area contributed by atoms with Gasteiger partial charge in [0.25, 0.3) is 0 Å². The van der Waals surface area contributed by atoms with Gasteiger partial charge in [0.1, 0.15) is 0 Å². The quantitative estimate of drug-likeness (QED) is 0.577. The molecule has 30 heavy (non-hydrogen) atoms. The molecule has 2 unspecified atom stereocenters. The number of likely N-dealkylation sites (tertiary alicyclic amines) is 1. The predicted molar refractivity (Wildman–Crippen MR) is 112 cm³/mol. The van der Waals surface area contributed by atoms with E-state index < -0.39 is 0 Å². The summed E-state index contributed by atoms with van der Waals surface area (Å²) in [7, 11) is 3.19. The second kappa shape index (κ2) is 8.36. The van der Waals surface area contributed by atoms with Crippen molar-refractivity contribution in [1.82, 2.24) is 15.0 Å². The third-order valence-corrected chi connectivity index (χ3v) is 5.62. The third-order valence-electron chi connectivity index (χ3n) is 5.39. The number of ether oxygens (including phenoxy) is 2. The van der Waals surface area contributed by atoms with Gasteiger partial charge in [0.15, 0.2) is 11.5 Å². The first-order chi connectivity index (χ1) is 14.5. The summed E-state index contributed by atoms with van der Waals surface area (Å²) in [5.41, 5.74) is 1.74. The molecule has 156 valence electrons. The Morgan fingerprint density at radius 3 is 2.70 bits per heavy atom. The van der Waals surface area contributed by atoms with E-state index in [4.69, 9.17) is 25.6 Å². The van der Waals surface area contributed by atoms with Gasteiger partial charge in [-0.3, -0.25) is 4.79 Å². The fraction of sp³-hybridized carbons (Fsp3) is 0.318. The van der Waals surface area contributed by atoms with Crippen molar-refractivity contribution in [2.75, 3.05) is 20.8 Å². The normalized spacial score (nSPS) is 17.3. The molecule has 7 nitrogen and oxygen atoms in total. The summed E-state index contributed by atoms with van der Waals surface area (Å²) in [6.07, 6.45) is 0.328. The highest BCUT2D eigenvalue weighted by atomic mass is 35.5. The maximum absolute atomic E-state index is 12.7. The molecular weight excluding hydrogens is 406 g/mol. The van der Waals surface area contributed by atoms with Gasteiger partial charge in [-0.15, -0.1) is 0 Å². The van der Waals surface area contributed by atoms with Crippen molar-refractivity contribution in [2.45, 2.75) is 25.3 Å². The molecule has 1 aliphatic heterocycles. The van der Waals surface area contributed by atoms with Gasteiger partial charge in [0, 0.05) is 23.6 Å². The van der Waals surface area contributed by atoms with E-state index in [-0.39, 0.29) is 17.9 Å². The van der Waals surface area contributed by atoms with Crippen LogP contribution >= 0.6 is 11.6 Å². The van der Waals surface area contributed by atoms with Crippen molar-refractivity contribution in [3.8, 4) is 22.9 Å². The molecule has 2 atom stereocenters. The second-order valence-corrected chi connectivity index (χ2v) is 7.64. The lowest BCUT2D eigenvalue weighted by Gasteiger charge is -2.25. The Morgan fingerprint density at radius 1 is 1.17 bits per heavy atom. The maximum atomic E-state index is 12.7. The Labute approximate surface area is 179 Å². The van der Waals surface area contributed by atoms with E-state index in [9.17, 15) is 4.79 Å². The van der Waals surface area contributed by atoms with Crippen LogP contribution in [0.3, 0.4) is 0 Å². The molecule has 1 aliphatic rings. The molecule has 3 aromatic rings.